The highest BCUT2D eigenvalue weighted by molar-refractivity contribution is 5.70. The fourth-order valence-corrected chi connectivity index (χ4v) is 3.44. The minimum atomic E-state index is -0.308. The normalized spacial score (nSPS) is 14.3. The molecule has 154 valence electrons. The Morgan fingerprint density at radius 3 is 2.57 bits per heavy atom. The largest absolute Gasteiger partial charge is 0.415 e. The van der Waals surface area contributed by atoms with Gasteiger partial charge in [0.05, 0.1) is 0 Å². The van der Waals surface area contributed by atoms with Crippen molar-refractivity contribution in [2.75, 3.05) is 31.1 Å². The van der Waals surface area contributed by atoms with E-state index in [1.807, 2.05) is 36.4 Å². The molecule has 0 N–H and O–H groups in total. The Morgan fingerprint density at radius 2 is 1.80 bits per heavy atom. The van der Waals surface area contributed by atoms with Crippen molar-refractivity contribution in [3.63, 3.8) is 0 Å². The second kappa shape index (κ2) is 9.35. The highest BCUT2D eigenvalue weighted by Gasteiger charge is 2.22. The average Bonchev–Trinajstić information content (AvgIpc) is 3.06. The van der Waals surface area contributed by atoms with Crippen LogP contribution in [0.15, 0.2) is 60.9 Å². The summed E-state index contributed by atoms with van der Waals surface area (Å²) >= 11 is 0. The highest BCUT2D eigenvalue weighted by atomic mass is 16.6. The van der Waals surface area contributed by atoms with E-state index in [1.54, 1.807) is 29.4 Å². The number of hydrogen-bond acceptors (Lipinski definition) is 6. The third-order valence-electron chi connectivity index (χ3n) is 5.09. The summed E-state index contributed by atoms with van der Waals surface area (Å²) in [5.41, 5.74) is 1.95. The van der Waals surface area contributed by atoms with Crippen LogP contribution >= 0.6 is 0 Å². The zero-order valence-electron chi connectivity index (χ0n) is 17.1. The average molecular weight is 403 g/mol. The molecule has 0 bridgehead atoms. The molecule has 2 aromatic heterocycles. The molecule has 4 rings (SSSR count). The quantitative estimate of drug-likeness (QED) is 0.660. The number of pyridine rings is 1. The van der Waals surface area contributed by atoms with Crippen molar-refractivity contribution < 1.29 is 9.53 Å². The zero-order chi connectivity index (χ0) is 20.8. The number of hydrogen-bond donors (Lipinski definition) is 0. The SMILES string of the molecule is CCc1cc(N2CCCN(C(=O)Oc3ccccc3)CC2)nc(-c2ccncc2)n1. The number of benzene rings is 1. The predicted molar refractivity (Wildman–Crippen MR) is 116 cm³/mol. The number of rotatable bonds is 4. The second-order valence-electron chi connectivity index (χ2n) is 7.14. The number of amides is 1. The van der Waals surface area contributed by atoms with Gasteiger partial charge in [0.1, 0.15) is 11.6 Å². The molecule has 7 heteroatoms. The van der Waals surface area contributed by atoms with E-state index in [4.69, 9.17) is 9.72 Å². The summed E-state index contributed by atoms with van der Waals surface area (Å²) < 4.78 is 5.50. The van der Waals surface area contributed by atoms with Gasteiger partial charge in [0.15, 0.2) is 5.82 Å². The lowest BCUT2D eigenvalue weighted by molar-refractivity contribution is 0.155. The van der Waals surface area contributed by atoms with Gasteiger partial charge < -0.3 is 14.5 Å². The maximum atomic E-state index is 12.6. The summed E-state index contributed by atoms with van der Waals surface area (Å²) in [7, 11) is 0. The first-order valence-electron chi connectivity index (χ1n) is 10.3. The molecule has 0 spiro atoms. The van der Waals surface area contributed by atoms with Crippen LogP contribution in [-0.4, -0.2) is 52.1 Å². The summed E-state index contributed by atoms with van der Waals surface area (Å²) in [6.45, 7) is 4.85. The van der Waals surface area contributed by atoms with Gasteiger partial charge in [-0.3, -0.25) is 4.98 Å². The van der Waals surface area contributed by atoms with Gasteiger partial charge in [0.25, 0.3) is 0 Å². The van der Waals surface area contributed by atoms with Gasteiger partial charge >= 0.3 is 6.09 Å². The van der Waals surface area contributed by atoms with E-state index in [9.17, 15) is 4.79 Å². The van der Waals surface area contributed by atoms with Crippen LogP contribution in [0.25, 0.3) is 11.4 Å². The van der Waals surface area contributed by atoms with Crippen LogP contribution in [-0.2, 0) is 6.42 Å². The molecular formula is C23H25N5O2. The fraction of sp³-hybridized carbons (Fsp3) is 0.304. The molecule has 1 aromatic carbocycles. The van der Waals surface area contributed by atoms with E-state index in [0.29, 0.717) is 31.2 Å². The number of nitrogens with zero attached hydrogens (tertiary/aromatic N) is 5. The Balaban J connectivity index is 1.48. The van der Waals surface area contributed by atoms with Crippen LogP contribution in [0.3, 0.4) is 0 Å². The maximum absolute atomic E-state index is 12.6. The zero-order valence-corrected chi connectivity index (χ0v) is 17.1. The number of carbonyl (C=O) groups is 1. The molecule has 0 aliphatic carbocycles. The van der Waals surface area contributed by atoms with Gasteiger partial charge in [-0.2, -0.15) is 0 Å². The molecule has 0 radical (unpaired) electrons. The van der Waals surface area contributed by atoms with Crippen molar-refractivity contribution >= 4 is 11.9 Å². The monoisotopic (exact) mass is 403 g/mol. The fourth-order valence-electron chi connectivity index (χ4n) is 3.44. The van der Waals surface area contributed by atoms with Crippen molar-refractivity contribution in [3.8, 4) is 17.1 Å². The van der Waals surface area contributed by atoms with Gasteiger partial charge in [0.2, 0.25) is 0 Å². The first kappa shape index (κ1) is 19.8. The van der Waals surface area contributed by atoms with Gasteiger partial charge in [-0.1, -0.05) is 25.1 Å². The minimum Gasteiger partial charge on any atom is -0.410 e. The van der Waals surface area contributed by atoms with Crippen molar-refractivity contribution in [2.45, 2.75) is 19.8 Å². The molecule has 1 aliphatic rings. The molecule has 1 saturated heterocycles. The van der Waals surface area contributed by atoms with Crippen LogP contribution in [0, 0.1) is 0 Å². The number of carbonyl (C=O) groups excluding carboxylic acids is 1. The summed E-state index contributed by atoms with van der Waals surface area (Å²) in [6.07, 6.45) is 4.87. The molecule has 1 aliphatic heterocycles. The maximum Gasteiger partial charge on any atom is 0.415 e. The van der Waals surface area contributed by atoms with Gasteiger partial charge in [-0.25, -0.2) is 14.8 Å². The van der Waals surface area contributed by atoms with E-state index in [-0.39, 0.29) is 6.09 Å². The Labute approximate surface area is 176 Å². The topological polar surface area (TPSA) is 71.5 Å². The first-order valence-corrected chi connectivity index (χ1v) is 10.3. The molecule has 1 fully saturated rings. The molecule has 0 unspecified atom stereocenters. The number of aryl methyl sites for hydroxylation is 1. The standard InChI is InChI=1S/C23H25N5O2/c1-2-19-17-21(26-22(25-19)18-9-11-24-12-10-18)27-13-6-14-28(16-15-27)23(29)30-20-7-4-3-5-8-20/h3-5,7-12,17H,2,6,13-16H2,1H3. The van der Waals surface area contributed by atoms with Crippen LogP contribution < -0.4 is 9.64 Å². The lowest BCUT2D eigenvalue weighted by atomic mass is 10.2. The highest BCUT2D eigenvalue weighted by Crippen LogP contribution is 2.22. The van der Waals surface area contributed by atoms with E-state index in [0.717, 1.165) is 36.5 Å². The van der Waals surface area contributed by atoms with Crippen molar-refractivity contribution in [2.24, 2.45) is 0 Å². The van der Waals surface area contributed by atoms with Crippen molar-refractivity contribution in [1.82, 2.24) is 19.9 Å². The first-order chi connectivity index (χ1) is 14.7. The Hall–Kier alpha value is -3.48. The van der Waals surface area contributed by atoms with Crippen LogP contribution in [0.5, 0.6) is 5.75 Å². The third-order valence-corrected chi connectivity index (χ3v) is 5.09. The Morgan fingerprint density at radius 1 is 1.00 bits per heavy atom. The molecule has 1 amide bonds. The number of ether oxygens (including phenoxy) is 1. The number of aromatic nitrogens is 3. The molecule has 7 nitrogen and oxygen atoms in total. The van der Waals surface area contributed by atoms with Gasteiger partial charge in [-0.05, 0) is 37.1 Å². The number of para-hydroxylation sites is 1. The minimum absolute atomic E-state index is 0.308. The lowest BCUT2D eigenvalue weighted by Crippen LogP contribution is -2.37. The molecule has 3 aromatic rings. The van der Waals surface area contributed by atoms with E-state index in [1.165, 1.54) is 0 Å². The molecule has 0 atom stereocenters. The smallest absolute Gasteiger partial charge is 0.410 e. The number of anilines is 1. The third kappa shape index (κ3) is 4.74. The molecular weight excluding hydrogens is 378 g/mol. The summed E-state index contributed by atoms with van der Waals surface area (Å²) in [5.74, 6) is 2.16. The second-order valence-corrected chi connectivity index (χ2v) is 7.14. The summed E-state index contributed by atoms with van der Waals surface area (Å²) in [4.78, 5) is 30.1. The predicted octanol–water partition coefficient (Wildman–Crippen LogP) is 3.81. The van der Waals surface area contributed by atoms with Crippen molar-refractivity contribution in [1.29, 1.82) is 0 Å². The Bertz CT molecular complexity index is 981. The summed E-state index contributed by atoms with van der Waals surface area (Å²) in [5, 5.41) is 0. The van der Waals surface area contributed by atoms with Gasteiger partial charge in [-0.15, -0.1) is 0 Å². The lowest BCUT2D eigenvalue weighted by Gasteiger charge is -2.23. The van der Waals surface area contributed by atoms with E-state index in [2.05, 4.69) is 21.8 Å². The molecule has 3 heterocycles. The van der Waals surface area contributed by atoms with Crippen LogP contribution in [0.4, 0.5) is 10.6 Å². The van der Waals surface area contributed by atoms with Crippen molar-refractivity contribution in [3.05, 3.63) is 66.6 Å². The molecule has 30 heavy (non-hydrogen) atoms. The van der Waals surface area contributed by atoms with Crippen LogP contribution in [0.1, 0.15) is 19.0 Å². The van der Waals surface area contributed by atoms with E-state index < -0.39 is 0 Å². The molecule has 0 saturated carbocycles. The summed E-state index contributed by atoms with van der Waals surface area (Å²) in [6, 6.07) is 15.1. The van der Waals surface area contributed by atoms with E-state index >= 15 is 0 Å². The van der Waals surface area contributed by atoms with Crippen LogP contribution in [0.2, 0.25) is 0 Å². The Kier molecular flexibility index (Phi) is 6.17. The van der Waals surface area contributed by atoms with Gasteiger partial charge in [0, 0.05) is 55.9 Å².